The Kier molecular flexibility index (Phi) is 29.2. The van der Waals surface area contributed by atoms with Crippen molar-refractivity contribution < 1.29 is 4.74 Å². The van der Waals surface area contributed by atoms with Gasteiger partial charge in [-0.2, -0.15) is 0 Å². The molecule has 0 N–H and O–H groups in total. The van der Waals surface area contributed by atoms with E-state index in [0.717, 1.165) is 0 Å². The van der Waals surface area contributed by atoms with Gasteiger partial charge in [-0.05, 0) is 64.2 Å². The number of hydrogen-bond donors (Lipinski definition) is 0. The highest BCUT2D eigenvalue weighted by atomic mass is 16.5. The standard InChI is InChI=1S/C34H66O/c1-5-9-13-17-19-23-27-31-33(29-25-21-15-11-7-3)35-34(30-26-22-16-12-8-4)32-28-24-20-18-14-10-6-2/h19-20,23-24,33-34H,5-18,21-22,25-32H2,1-4H3/b23-19+,24-20+. The lowest BCUT2D eigenvalue weighted by atomic mass is 10.0. The molecule has 0 aromatic heterocycles. The van der Waals surface area contributed by atoms with E-state index in [1.54, 1.807) is 0 Å². The number of ether oxygens (including phenoxy) is 1. The summed E-state index contributed by atoms with van der Waals surface area (Å²) in [4.78, 5) is 0. The maximum atomic E-state index is 6.89. The van der Waals surface area contributed by atoms with Crippen LogP contribution in [-0.4, -0.2) is 12.2 Å². The van der Waals surface area contributed by atoms with Gasteiger partial charge in [-0.15, -0.1) is 0 Å². The molecule has 0 rings (SSSR count). The van der Waals surface area contributed by atoms with Crippen molar-refractivity contribution in [3.05, 3.63) is 24.3 Å². The van der Waals surface area contributed by atoms with Gasteiger partial charge >= 0.3 is 0 Å². The van der Waals surface area contributed by atoms with Crippen LogP contribution in [0.4, 0.5) is 0 Å². The Hall–Kier alpha value is -0.560. The maximum Gasteiger partial charge on any atom is 0.0581 e. The molecule has 0 saturated carbocycles. The van der Waals surface area contributed by atoms with Gasteiger partial charge in [0.05, 0.1) is 12.2 Å². The van der Waals surface area contributed by atoms with Gasteiger partial charge in [0.25, 0.3) is 0 Å². The molecule has 2 unspecified atom stereocenters. The molecule has 0 amide bonds. The van der Waals surface area contributed by atoms with E-state index in [2.05, 4.69) is 52.0 Å². The lowest BCUT2D eigenvalue weighted by Gasteiger charge is -2.25. The third kappa shape index (κ3) is 26.3. The average molecular weight is 491 g/mol. The molecule has 0 aromatic carbocycles. The number of allylic oxidation sites excluding steroid dienone is 4. The summed E-state index contributed by atoms with van der Waals surface area (Å²) in [6.07, 6.45) is 42.1. The van der Waals surface area contributed by atoms with E-state index in [4.69, 9.17) is 4.74 Å². The molecule has 2 atom stereocenters. The van der Waals surface area contributed by atoms with Crippen LogP contribution in [0.15, 0.2) is 24.3 Å². The zero-order valence-corrected chi connectivity index (χ0v) is 24.8. The van der Waals surface area contributed by atoms with E-state index in [1.807, 2.05) is 0 Å². The Morgan fingerprint density at radius 2 is 0.714 bits per heavy atom. The highest BCUT2D eigenvalue weighted by molar-refractivity contribution is 4.84. The van der Waals surface area contributed by atoms with Crippen LogP contribution in [0.3, 0.4) is 0 Å². The quantitative estimate of drug-likeness (QED) is 0.0782. The van der Waals surface area contributed by atoms with Crippen LogP contribution in [0.2, 0.25) is 0 Å². The molecule has 0 aliphatic heterocycles. The van der Waals surface area contributed by atoms with Gasteiger partial charge in [0.2, 0.25) is 0 Å². The number of unbranched alkanes of at least 4 members (excludes halogenated alkanes) is 14. The molecule has 0 saturated heterocycles. The van der Waals surface area contributed by atoms with E-state index >= 15 is 0 Å². The lowest BCUT2D eigenvalue weighted by Crippen LogP contribution is -2.22. The zero-order chi connectivity index (χ0) is 25.7. The van der Waals surface area contributed by atoms with Crippen molar-refractivity contribution in [2.45, 2.75) is 194 Å². The van der Waals surface area contributed by atoms with Crippen molar-refractivity contribution >= 4 is 0 Å². The van der Waals surface area contributed by atoms with Crippen molar-refractivity contribution in [2.75, 3.05) is 0 Å². The summed E-state index contributed by atoms with van der Waals surface area (Å²) in [7, 11) is 0. The van der Waals surface area contributed by atoms with Crippen molar-refractivity contribution in [1.82, 2.24) is 0 Å². The van der Waals surface area contributed by atoms with E-state index < -0.39 is 0 Å². The van der Waals surface area contributed by atoms with Crippen LogP contribution in [0, 0.1) is 0 Å². The summed E-state index contributed by atoms with van der Waals surface area (Å²) < 4.78 is 6.89. The molecule has 0 aromatic rings. The van der Waals surface area contributed by atoms with Gasteiger partial charge in [0.15, 0.2) is 0 Å². The van der Waals surface area contributed by atoms with Gasteiger partial charge in [-0.1, -0.05) is 142 Å². The summed E-state index contributed by atoms with van der Waals surface area (Å²) >= 11 is 0. The Labute approximate surface area is 223 Å². The van der Waals surface area contributed by atoms with Crippen LogP contribution in [-0.2, 0) is 4.74 Å². The summed E-state index contributed by atoms with van der Waals surface area (Å²) in [5.74, 6) is 0. The van der Waals surface area contributed by atoms with E-state index in [0.29, 0.717) is 12.2 Å². The molecule has 208 valence electrons. The summed E-state index contributed by atoms with van der Waals surface area (Å²) in [6.45, 7) is 9.19. The van der Waals surface area contributed by atoms with Crippen molar-refractivity contribution in [2.24, 2.45) is 0 Å². The van der Waals surface area contributed by atoms with Gasteiger partial charge in [-0.25, -0.2) is 0 Å². The highest BCUT2D eigenvalue weighted by Crippen LogP contribution is 2.21. The molecule has 0 bridgehead atoms. The van der Waals surface area contributed by atoms with Gasteiger partial charge in [-0.3, -0.25) is 0 Å². The van der Waals surface area contributed by atoms with Crippen LogP contribution in [0.5, 0.6) is 0 Å². The largest absolute Gasteiger partial charge is 0.375 e. The lowest BCUT2D eigenvalue weighted by molar-refractivity contribution is -0.0294. The monoisotopic (exact) mass is 491 g/mol. The van der Waals surface area contributed by atoms with Crippen molar-refractivity contribution in [3.63, 3.8) is 0 Å². The van der Waals surface area contributed by atoms with E-state index in [1.165, 1.54) is 154 Å². The van der Waals surface area contributed by atoms with E-state index in [9.17, 15) is 0 Å². The van der Waals surface area contributed by atoms with E-state index in [-0.39, 0.29) is 0 Å². The molecule has 0 heterocycles. The molecule has 35 heavy (non-hydrogen) atoms. The minimum Gasteiger partial charge on any atom is -0.375 e. The van der Waals surface area contributed by atoms with Crippen molar-refractivity contribution in [1.29, 1.82) is 0 Å². The summed E-state index contributed by atoms with van der Waals surface area (Å²) in [5, 5.41) is 0. The zero-order valence-electron chi connectivity index (χ0n) is 24.8. The second-order valence-electron chi connectivity index (χ2n) is 10.9. The summed E-state index contributed by atoms with van der Waals surface area (Å²) in [6, 6.07) is 0. The van der Waals surface area contributed by atoms with Crippen LogP contribution < -0.4 is 0 Å². The van der Waals surface area contributed by atoms with Crippen molar-refractivity contribution in [3.8, 4) is 0 Å². The minimum atomic E-state index is 0.450. The average Bonchev–Trinajstić information content (AvgIpc) is 2.86. The maximum absolute atomic E-state index is 6.89. The fourth-order valence-electron chi connectivity index (χ4n) is 4.84. The van der Waals surface area contributed by atoms with Gasteiger partial charge < -0.3 is 4.74 Å². The Bertz CT molecular complexity index is 398. The highest BCUT2D eigenvalue weighted by Gasteiger charge is 2.16. The fraction of sp³-hybridized carbons (Fsp3) is 0.882. The van der Waals surface area contributed by atoms with Gasteiger partial charge in [0, 0.05) is 0 Å². The Morgan fingerprint density at radius 1 is 0.371 bits per heavy atom. The van der Waals surface area contributed by atoms with Crippen LogP contribution in [0.25, 0.3) is 0 Å². The molecule has 0 spiro atoms. The number of hydrogen-bond acceptors (Lipinski definition) is 1. The second kappa shape index (κ2) is 29.7. The number of rotatable bonds is 28. The minimum absolute atomic E-state index is 0.450. The van der Waals surface area contributed by atoms with Crippen LogP contribution >= 0.6 is 0 Å². The first-order valence-corrected chi connectivity index (χ1v) is 16.2. The molecule has 1 nitrogen and oxygen atoms in total. The molecular weight excluding hydrogens is 424 g/mol. The second-order valence-corrected chi connectivity index (χ2v) is 10.9. The van der Waals surface area contributed by atoms with Gasteiger partial charge in [0.1, 0.15) is 0 Å². The smallest absolute Gasteiger partial charge is 0.0581 e. The normalized spacial score (nSPS) is 13.8. The topological polar surface area (TPSA) is 9.23 Å². The third-order valence-corrected chi connectivity index (χ3v) is 7.24. The Morgan fingerprint density at radius 3 is 1.11 bits per heavy atom. The Balaban J connectivity index is 4.71. The molecule has 0 radical (unpaired) electrons. The first kappa shape index (κ1) is 34.4. The third-order valence-electron chi connectivity index (χ3n) is 7.24. The predicted octanol–water partition coefficient (Wildman–Crippen LogP) is 12.3. The van der Waals surface area contributed by atoms with Crippen LogP contribution in [0.1, 0.15) is 182 Å². The summed E-state index contributed by atoms with van der Waals surface area (Å²) in [5.41, 5.74) is 0. The first-order valence-electron chi connectivity index (χ1n) is 16.2. The molecule has 0 aliphatic carbocycles. The fourth-order valence-corrected chi connectivity index (χ4v) is 4.84. The predicted molar refractivity (Wildman–Crippen MR) is 160 cm³/mol. The first-order chi connectivity index (χ1) is 17.3. The SMILES string of the molecule is CCCCC/C=C/CCC(CCCCCCC)OC(CC/C=C/CCCCC)CCCCCCC. The molecule has 0 fully saturated rings. The molecular formula is C34H66O. The molecule has 1 heteroatoms. The molecule has 0 aliphatic rings.